The highest BCUT2D eigenvalue weighted by molar-refractivity contribution is 5.91. The smallest absolute Gasteiger partial charge is 0.321 e. The molecular weight excluding hydrogens is 282 g/mol. The lowest BCUT2D eigenvalue weighted by molar-refractivity contribution is 0.175. The minimum atomic E-state index is -0.101. The molecular formula is C15H19N5O2. The average molecular weight is 301 g/mol. The van der Waals surface area contributed by atoms with Crippen LogP contribution in [0.2, 0.25) is 0 Å². The Morgan fingerprint density at radius 2 is 1.91 bits per heavy atom. The van der Waals surface area contributed by atoms with E-state index in [1.54, 1.807) is 24.3 Å². The van der Waals surface area contributed by atoms with Gasteiger partial charge in [-0.05, 0) is 25.0 Å². The van der Waals surface area contributed by atoms with E-state index in [2.05, 4.69) is 15.5 Å². The number of methoxy groups -OCH3 is 1. The van der Waals surface area contributed by atoms with E-state index in [-0.39, 0.29) is 12.1 Å². The molecule has 1 saturated heterocycles. The second-order valence-electron chi connectivity index (χ2n) is 5.20. The van der Waals surface area contributed by atoms with Crippen LogP contribution in [0.5, 0.6) is 5.75 Å². The highest BCUT2D eigenvalue weighted by atomic mass is 16.5. The molecule has 1 aliphatic rings. The molecule has 7 nitrogen and oxygen atoms in total. The number of hydrogen-bond donors (Lipinski definition) is 1. The zero-order valence-electron chi connectivity index (χ0n) is 12.5. The van der Waals surface area contributed by atoms with Crippen molar-refractivity contribution < 1.29 is 9.53 Å². The molecule has 1 aliphatic heterocycles. The summed E-state index contributed by atoms with van der Waals surface area (Å²) in [5.74, 6) is 0.659. The van der Waals surface area contributed by atoms with Crippen molar-refractivity contribution in [3.05, 3.63) is 36.7 Å². The van der Waals surface area contributed by atoms with Crippen molar-refractivity contribution in [3.63, 3.8) is 0 Å². The quantitative estimate of drug-likeness (QED) is 0.943. The van der Waals surface area contributed by atoms with Crippen LogP contribution in [0.15, 0.2) is 36.7 Å². The third kappa shape index (κ3) is 3.03. The molecule has 0 spiro atoms. The first-order valence-electron chi connectivity index (χ1n) is 7.32. The van der Waals surface area contributed by atoms with Crippen LogP contribution in [0.25, 0.3) is 0 Å². The highest BCUT2D eigenvalue weighted by Gasteiger charge is 2.25. The monoisotopic (exact) mass is 301 g/mol. The van der Waals surface area contributed by atoms with Gasteiger partial charge in [-0.25, -0.2) is 4.79 Å². The Labute approximate surface area is 128 Å². The van der Waals surface area contributed by atoms with Gasteiger partial charge < -0.3 is 15.0 Å². The lowest BCUT2D eigenvalue weighted by Crippen LogP contribution is -2.41. The predicted octanol–water partition coefficient (Wildman–Crippen LogP) is 2.16. The Hall–Kier alpha value is -2.57. The molecule has 1 aromatic carbocycles. The van der Waals surface area contributed by atoms with Gasteiger partial charge in [0.15, 0.2) is 0 Å². The van der Waals surface area contributed by atoms with Gasteiger partial charge in [-0.2, -0.15) is 15.0 Å². The molecule has 0 unspecified atom stereocenters. The average Bonchev–Trinajstić information content (AvgIpc) is 3.10. The number of para-hydroxylation sites is 2. The Balaban J connectivity index is 1.58. The fraction of sp³-hybridized carbons (Fsp3) is 0.400. The zero-order valence-corrected chi connectivity index (χ0v) is 12.5. The molecule has 7 heteroatoms. The molecule has 0 aliphatic carbocycles. The van der Waals surface area contributed by atoms with Crippen molar-refractivity contribution >= 4 is 11.7 Å². The molecule has 2 heterocycles. The Morgan fingerprint density at radius 3 is 2.59 bits per heavy atom. The van der Waals surface area contributed by atoms with E-state index >= 15 is 0 Å². The number of carbonyl (C=O) groups is 1. The van der Waals surface area contributed by atoms with Crippen LogP contribution in [0.3, 0.4) is 0 Å². The molecule has 0 bridgehead atoms. The normalized spacial score (nSPS) is 15.6. The third-order valence-electron chi connectivity index (χ3n) is 3.86. The van der Waals surface area contributed by atoms with Crippen molar-refractivity contribution in [2.75, 3.05) is 25.5 Å². The van der Waals surface area contributed by atoms with E-state index in [0.717, 1.165) is 12.8 Å². The summed E-state index contributed by atoms with van der Waals surface area (Å²) in [6.45, 7) is 1.38. The molecule has 0 atom stereocenters. The number of hydrogen-bond acceptors (Lipinski definition) is 4. The maximum absolute atomic E-state index is 12.4. The van der Waals surface area contributed by atoms with Crippen LogP contribution < -0.4 is 10.1 Å². The van der Waals surface area contributed by atoms with Gasteiger partial charge in [0, 0.05) is 13.1 Å². The van der Waals surface area contributed by atoms with E-state index in [1.165, 1.54) is 0 Å². The van der Waals surface area contributed by atoms with Gasteiger partial charge in [0.25, 0.3) is 0 Å². The van der Waals surface area contributed by atoms with Crippen molar-refractivity contribution in [1.82, 2.24) is 19.9 Å². The second-order valence-corrected chi connectivity index (χ2v) is 5.20. The predicted molar refractivity (Wildman–Crippen MR) is 81.9 cm³/mol. The molecule has 3 rings (SSSR count). The van der Waals surface area contributed by atoms with Crippen molar-refractivity contribution in [2.45, 2.75) is 18.9 Å². The number of urea groups is 1. The molecule has 1 fully saturated rings. The number of piperidine rings is 1. The maximum atomic E-state index is 12.4. The van der Waals surface area contributed by atoms with E-state index in [9.17, 15) is 4.79 Å². The molecule has 2 aromatic rings. The van der Waals surface area contributed by atoms with E-state index in [1.807, 2.05) is 29.2 Å². The van der Waals surface area contributed by atoms with Crippen molar-refractivity contribution in [2.24, 2.45) is 0 Å². The first-order chi connectivity index (χ1) is 10.8. The minimum absolute atomic E-state index is 0.101. The second kappa shape index (κ2) is 6.46. The number of anilines is 1. The van der Waals surface area contributed by atoms with Gasteiger partial charge in [0.2, 0.25) is 0 Å². The molecule has 1 aromatic heterocycles. The van der Waals surface area contributed by atoms with Crippen LogP contribution in [-0.2, 0) is 0 Å². The number of nitrogens with one attached hydrogen (secondary N) is 1. The van der Waals surface area contributed by atoms with Gasteiger partial charge in [-0.3, -0.25) is 0 Å². The lowest BCUT2D eigenvalue weighted by Gasteiger charge is -2.31. The largest absolute Gasteiger partial charge is 0.495 e. The SMILES string of the molecule is COc1ccccc1NC(=O)N1CCC(n2nccn2)CC1. The highest BCUT2D eigenvalue weighted by Crippen LogP contribution is 2.25. The summed E-state index contributed by atoms with van der Waals surface area (Å²) in [5, 5.41) is 11.2. The molecule has 0 radical (unpaired) electrons. The third-order valence-corrected chi connectivity index (χ3v) is 3.86. The first kappa shape index (κ1) is 14.4. The summed E-state index contributed by atoms with van der Waals surface area (Å²) in [6.07, 6.45) is 5.07. The maximum Gasteiger partial charge on any atom is 0.321 e. The number of benzene rings is 1. The van der Waals surface area contributed by atoms with E-state index in [0.29, 0.717) is 24.5 Å². The van der Waals surface area contributed by atoms with Crippen LogP contribution in [0.4, 0.5) is 10.5 Å². The summed E-state index contributed by atoms with van der Waals surface area (Å²) >= 11 is 0. The number of aromatic nitrogens is 3. The van der Waals surface area contributed by atoms with Gasteiger partial charge in [-0.15, -0.1) is 0 Å². The van der Waals surface area contributed by atoms with Gasteiger partial charge in [0.1, 0.15) is 5.75 Å². The Bertz CT molecular complexity index is 621. The van der Waals surface area contributed by atoms with E-state index < -0.39 is 0 Å². The van der Waals surface area contributed by atoms with Gasteiger partial charge in [-0.1, -0.05) is 12.1 Å². The Morgan fingerprint density at radius 1 is 1.23 bits per heavy atom. The topological polar surface area (TPSA) is 72.3 Å². The lowest BCUT2D eigenvalue weighted by atomic mass is 10.1. The number of rotatable bonds is 3. The number of likely N-dealkylation sites (tertiary alicyclic amines) is 1. The summed E-state index contributed by atoms with van der Waals surface area (Å²) in [5.41, 5.74) is 0.686. The summed E-state index contributed by atoms with van der Waals surface area (Å²) in [4.78, 5) is 15.9. The molecule has 0 saturated carbocycles. The van der Waals surface area contributed by atoms with Crippen LogP contribution >= 0.6 is 0 Å². The summed E-state index contributed by atoms with van der Waals surface area (Å²) in [7, 11) is 1.59. The van der Waals surface area contributed by atoms with Gasteiger partial charge >= 0.3 is 6.03 Å². The fourth-order valence-corrected chi connectivity index (χ4v) is 2.66. The van der Waals surface area contributed by atoms with Gasteiger partial charge in [0.05, 0.1) is 31.2 Å². The molecule has 116 valence electrons. The summed E-state index contributed by atoms with van der Waals surface area (Å²) in [6, 6.07) is 7.56. The number of amides is 2. The van der Waals surface area contributed by atoms with Crippen LogP contribution in [0, 0.1) is 0 Å². The first-order valence-corrected chi connectivity index (χ1v) is 7.32. The number of carbonyl (C=O) groups excluding carboxylic acids is 1. The standard InChI is InChI=1S/C15H19N5O2/c1-22-14-5-3-2-4-13(14)18-15(21)19-10-6-12(7-11-19)20-16-8-9-17-20/h2-5,8-9,12H,6-7,10-11H2,1H3,(H,18,21). The summed E-state index contributed by atoms with van der Waals surface area (Å²) < 4.78 is 5.25. The van der Waals surface area contributed by atoms with Crippen LogP contribution in [-0.4, -0.2) is 46.1 Å². The minimum Gasteiger partial charge on any atom is -0.495 e. The fourth-order valence-electron chi connectivity index (χ4n) is 2.66. The van der Waals surface area contributed by atoms with Crippen molar-refractivity contribution in [1.29, 1.82) is 0 Å². The molecule has 1 N–H and O–H groups in total. The number of ether oxygens (including phenoxy) is 1. The number of nitrogens with zero attached hydrogens (tertiary/aromatic N) is 4. The zero-order chi connectivity index (χ0) is 15.4. The van der Waals surface area contributed by atoms with Crippen LogP contribution in [0.1, 0.15) is 18.9 Å². The van der Waals surface area contributed by atoms with E-state index in [4.69, 9.17) is 4.74 Å². The molecule has 22 heavy (non-hydrogen) atoms. The van der Waals surface area contributed by atoms with Crippen molar-refractivity contribution in [3.8, 4) is 5.75 Å². The Kier molecular flexibility index (Phi) is 4.22. The molecule has 2 amide bonds.